The molecule has 2 unspecified atom stereocenters. The van der Waals surface area contributed by atoms with Crippen LogP contribution in [0.4, 0.5) is 5.69 Å². The monoisotopic (exact) mass is 613 g/mol. The molecule has 0 spiro atoms. The second-order valence-corrected chi connectivity index (χ2v) is 9.25. The molecular formula is C27H41IN3O3P. The van der Waals surface area contributed by atoms with Gasteiger partial charge in [0.05, 0.1) is 12.0 Å². The van der Waals surface area contributed by atoms with Crippen molar-refractivity contribution in [1.82, 2.24) is 10.3 Å². The van der Waals surface area contributed by atoms with Crippen molar-refractivity contribution in [2.75, 3.05) is 36.1 Å². The lowest BCUT2D eigenvalue weighted by molar-refractivity contribution is -0.129. The number of alkyl halides is 1. The van der Waals surface area contributed by atoms with Crippen molar-refractivity contribution >= 4 is 43.7 Å². The van der Waals surface area contributed by atoms with Crippen molar-refractivity contribution < 1.29 is 14.1 Å². The van der Waals surface area contributed by atoms with E-state index < -0.39 is 5.41 Å². The van der Waals surface area contributed by atoms with Crippen molar-refractivity contribution in [3.05, 3.63) is 53.2 Å². The largest absolute Gasteiger partial charge is 0.473 e. The molecule has 35 heavy (non-hydrogen) atoms. The van der Waals surface area contributed by atoms with E-state index in [0.717, 1.165) is 29.9 Å². The predicted molar refractivity (Wildman–Crippen MR) is 157 cm³/mol. The van der Waals surface area contributed by atoms with Gasteiger partial charge in [0.1, 0.15) is 6.61 Å². The lowest BCUT2D eigenvalue weighted by Crippen LogP contribution is -2.38. The smallest absolute Gasteiger partial charge is 0.226 e. The van der Waals surface area contributed by atoms with Gasteiger partial charge >= 0.3 is 0 Å². The molecule has 2 aliphatic heterocycles. The summed E-state index contributed by atoms with van der Waals surface area (Å²) in [6.07, 6.45) is 1.24. The number of rotatable bonds is 8. The average Bonchev–Trinajstić information content (AvgIpc) is 3.13. The molecule has 4 rings (SSSR count). The average molecular weight is 614 g/mol. The molecule has 6 nitrogen and oxygen atoms in total. The lowest BCUT2D eigenvalue weighted by atomic mass is 9.68. The number of hydrogen-bond acceptors (Lipinski definition) is 5. The van der Waals surface area contributed by atoms with Crippen molar-refractivity contribution in [3.8, 4) is 5.88 Å². The number of pyridine rings is 1. The van der Waals surface area contributed by atoms with E-state index >= 15 is 0 Å². The van der Waals surface area contributed by atoms with E-state index in [4.69, 9.17) is 9.26 Å². The lowest BCUT2D eigenvalue weighted by Gasteiger charge is -2.34. The third-order valence-corrected chi connectivity index (χ3v) is 7.24. The van der Waals surface area contributed by atoms with Gasteiger partial charge < -0.3 is 19.5 Å². The summed E-state index contributed by atoms with van der Waals surface area (Å²) in [5.74, 6) is 0.980. The topological polar surface area (TPSA) is 63.7 Å². The zero-order chi connectivity index (χ0) is 26.0. The summed E-state index contributed by atoms with van der Waals surface area (Å²) in [7, 11) is 2.29. The zero-order valence-corrected chi connectivity index (χ0v) is 25.2. The van der Waals surface area contributed by atoms with Gasteiger partial charge in [0.2, 0.25) is 11.8 Å². The molecule has 2 aliphatic rings. The summed E-state index contributed by atoms with van der Waals surface area (Å²) in [6.45, 7) is 14.0. The van der Waals surface area contributed by atoms with Crippen LogP contribution in [0.15, 0.2) is 36.4 Å². The molecule has 1 amide bonds. The summed E-state index contributed by atoms with van der Waals surface area (Å²) in [4.78, 5) is 21.5. The standard InChI is InChI=1S/C24H32N3O3P.C2H6.CH3I/c1-16-11-21(27-9-4-10-27)12-22(26-16)29-14-18-5-7-19(8-6-18)17(2)24(3)20(15-30-31)13-25-23(24)28;2*1-2/h5-8,11-12,17,20H,4,9-10,13-15,31H2,1-3H3,(H,25,28);1-2H3;1H3/t17?,20-,24-;;/m1../s1. The molecule has 0 radical (unpaired) electrons. The minimum Gasteiger partial charge on any atom is -0.473 e. The van der Waals surface area contributed by atoms with E-state index in [9.17, 15) is 4.79 Å². The van der Waals surface area contributed by atoms with E-state index in [1.165, 1.54) is 12.1 Å². The van der Waals surface area contributed by atoms with Gasteiger partial charge in [-0.05, 0) is 48.3 Å². The highest BCUT2D eigenvalue weighted by atomic mass is 127. The zero-order valence-electron chi connectivity index (χ0n) is 21.9. The van der Waals surface area contributed by atoms with E-state index in [0.29, 0.717) is 25.6 Å². The predicted octanol–water partition coefficient (Wildman–Crippen LogP) is 5.92. The van der Waals surface area contributed by atoms with Crippen LogP contribution >= 0.6 is 32.1 Å². The Hall–Kier alpha value is -1.44. The van der Waals surface area contributed by atoms with Crippen LogP contribution < -0.4 is 15.0 Å². The van der Waals surface area contributed by atoms with E-state index in [1.54, 1.807) is 0 Å². The molecule has 2 saturated heterocycles. The summed E-state index contributed by atoms with van der Waals surface area (Å²) in [6, 6.07) is 12.5. The first-order valence-corrected chi connectivity index (χ1v) is 15.0. The maximum Gasteiger partial charge on any atom is 0.226 e. The van der Waals surface area contributed by atoms with Crippen LogP contribution in [0.5, 0.6) is 5.88 Å². The number of ether oxygens (including phenoxy) is 1. The van der Waals surface area contributed by atoms with Crippen molar-refractivity contribution in [3.63, 3.8) is 0 Å². The number of halogens is 1. The van der Waals surface area contributed by atoms with Crippen LogP contribution in [0.25, 0.3) is 0 Å². The molecule has 0 aliphatic carbocycles. The first-order chi connectivity index (χ1) is 16.9. The summed E-state index contributed by atoms with van der Waals surface area (Å²) < 4.78 is 11.3. The highest BCUT2D eigenvalue weighted by molar-refractivity contribution is 14.1. The van der Waals surface area contributed by atoms with Gasteiger partial charge in [0.25, 0.3) is 0 Å². The van der Waals surface area contributed by atoms with E-state index in [2.05, 4.69) is 84.5 Å². The molecule has 8 heteroatoms. The van der Waals surface area contributed by atoms with Crippen LogP contribution in [-0.4, -0.2) is 42.1 Å². The molecule has 4 atom stereocenters. The van der Waals surface area contributed by atoms with Crippen molar-refractivity contribution in [2.45, 2.75) is 53.6 Å². The Balaban J connectivity index is 0.00000103. The first-order valence-electron chi connectivity index (χ1n) is 12.3. The third kappa shape index (κ3) is 7.07. The number of carbonyl (C=O) groups excluding carboxylic acids is 1. The van der Waals surface area contributed by atoms with Gasteiger partial charge in [-0.25, -0.2) is 4.98 Å². The van der Waals surface area contributed by atoms with Crippen LogP contribution in [-0.2, 0) is 15.9 Å². The number of hydrogen-bond donors (Lipinski definition) is 1. The Morgan fingerprint density at radius 2 is 1.89 bits per heavy atom. The van der Waals surface area contributed by atoms with Gasteiger partial charge in [-0.15, -0.1) is 0 Å². The fourth-order valence-corrected chi connectivity index (χ4v) is 4.79. The quantitative estimate of drug-likeness (QED) is 0.228. The van der Waals surface area contributed by atoms with Gasteiger partial charge in [0.15, 0.2) is 0 Å². The Bertz CT molecular complexity index is 940. The molecule has 194 valence electrons. The Morgan fingerprint density at radius 1 is 1.23 bits per heavy atom. The van der Waals surface area contributed by atoms with E-state index in [-0.39, 0.29) is 17.7 Å². The molecule has 0 bridgehead atoms. The SMILES string of the molecule is CC.CI.Cc1cc(N2CCC2)cc(OCc2ccc(C(C)[C@@]3(C)C(=O)NC[C@@H]3COP)cc2)n1. The number of anilines is 1. The Morgan fingerprint density at radius 3 is 2.46 bits per heavy atom. The molecule has 2 fully saturated rings. The van der Waals surface area contributed by atoms with Gasteiger partial charge in [-0.3, -0.25) is 4.79 Å². The summed E-state index contributed by atoms with van der Waals surface area (Å²) >= 11 is 2.15. The second-order valence-electron chi connectivity index (χ2n) is 8.92. The van der Waals surface area contributed by atoms with Crippen LogP contribution in [0, 0.1) is 18.3 Å². The second kappa shape index (κ2) is 14.3. The minimum atomic E-state index is -0.493. The van der Waals surface area contributed by atoms with Crippen molar-refractivity contribution in [2.24, 2.45) is 11.3 Å². The van der Waals surface area contributed by atoms with Crippen LogP contribution in [0.3, 0.4) is 0 Å². The molecule has 1 N–H and O–H groups in total. The number of carbonyl (C=O) groups is 1. The first kappa shape index (κ1) is 29.8. The highest BCUT2D eigenvalue weighted by Crippen LogP contribution is 2.45. The summed E-state index contributed by atoms with van der Waals surface area (Å²) in [5.41, 5.74) is 3.88. The number of nitrogens with one attached hydrogen (secondary N) is 1. The van der Waals surface area contributed by atoms with Crippen LogP contribution in [0.1, 0.15) is 56.9 Å². The van der Waals surface area contributed by atoms with Crippen molar-refractivity contribution in [1.29, 1.82) is 0 Å². The van der Waals surface area contributed by atoms with Crippen LogP contribution in [0.2, 0.25) is 0 Å². The van der Waals surface area contributed by atoms with Gasteiger partial charge in [-0.1, -0.05) is 67.6 Å². The molecule has 2 aromatic rings. The molecule has 1 aromatic heterocycles. The molecule has 3 heterocycles. The minimum absolute atomic E-state index is 0.0765. The molecular weight excluding hydrogens is 572 g/mol. The normalized spacial score (nSPS) is 21.5. The number of nitrogens with zero attached hydrogens (tertiary/aromatic N) is 2. The number of benzene rings is 1. The number of aryl methyl sites for hydroxylation is 1. The summed E-state index contributed by atoms with van der Waals surface area (Å²) in [5, 5.41) is 3.01. The highest BCUT2D eigenvalue weighted by Gasteiger charge is 2.50. The van der Waals surface area contributed by atoms with Gasteiger partial charge in [0, 0.05) is 52.5 Å². The van der Waals surface area contributed by atoms with E-state index in [1.807, 2.05) is 38.7 Å². The number of amides is 1. The third-order valence-electron chi connectivity index (χ3n) is 7.05. The molecule has 0 saturated carbocycles. The maximum absolute atomic E-state index is 12.6. The Labute approximate surface area is 227 Å². The maximum atomic E-state index is 12.6. The Kier molecular flexibility index (Phi) is 12.2. The van der Waals surface area contributed by atoms with Gasteiger partial charge in [-0.2, -0.15) is 0 Å². The fourth-order valence-electron chi connectivity index (χ4n) is 4.56. The molecule has 1 aromatic carbocycles. The fraction of sp³-hybridized carbons (Fsp3) is 0.556. The number of aromatic nitrogens is 1.